The van der Waals surface area contributed by atoms with Gasteiger partial charge in [0.2, 0.25) is 0 Å². The molecule has 1 fully saturated rings. The van der Waals surface area contributed by atoms with Gasteiger partial charge in [0, 0.05) is 28.9 Å². The van der Waals surface area contributed by atoms with Crippen LogP contribution < -0.4 is 5.01 Å². The number of fused-ring (bicyclic) bond motifs is 1. The van der Waals surface area contributed by atoms with E-state index in [1.54, 1.807) is 0 Å². The zero-order valence-corrected chi connectivity index (χ0v) is 16.8. The number of rotatable bonds is 2. The van der Waals surface area contributed by atoms with Crippen LogP contribution in [-0.4, -0.2) is 16.9 Å². The maximum Gasteiger partial charge on any atom is 0.186 e. The number of hydrogen-bond acceptors (Lipinski definition) is 3. The molecule has 1 aromatic carbocycles. The Kier molecular flexibility index (Phi) is 4.69. The number of nitrogens with zero attached hydrogens (tertiary/aromatic N) is 3. The van der Waals surface area contributed by atoms with Gasteiger partial charge in [-0.1, -0.05) is 60.6 Å². The second kappa shape index (κ2) is 5.91. The van der Waals surface area contributed by atoms with Crippen molar-refractivity contribution >= 4 is 11.9 Å². The van der Waals surface area contributed by atoms with Gasteiger partial charge in [0.05, 0.1) is 11.9 Å². The first-order chi connectivity index (χ1) is 10.6. The summed E-state index contributed by atoms with van der Waals surface area (Å²) in [7, 11) is 0. The zero-order chi connectivity index (χ0) is 17.0. The Labute approximate surface area is 156 Å². The average Bonchev–Trinajstić information content (AvgIpc) is 3.14. The molecule has 1 atom stereocenters. The fraction of sp³-hybridized carbons (Fsp3) is 0.550. The van der Waals surface area contributed by atoms with Crippen molar-refractivity contribution in [1.82, 2.24) is 5.01 Å². The molecule has 1 aromatic rings. The molecular weight excluding hydrogens is 341 g/mol. The third-order valence-electron chi connectivity index (χ3n) is 4.94. The minimum Gasteiger partial charge on any atom is -0.263 e. The van der Waals surface area contributed by atoms with Gasteiger partial charge in [-0.2, -0.15) is 0 Å². The number of hydrazine groups is 1. The molecular formula is C20H29N3Ni. The molecule has 2 aliphatic rings. The first kappa shape index (κ1) is 19.1. The van der Waals surface area contributed by atoms with Crippen molar-refractivity contribution in [2.24, 2.45) is 4.99 Å². The molecule has 3 rings (SSSR count). The molecule has 0 spiro atoms. The average molecular weight is 370 g/mol. The summed E-state index contributed by atoms with van der Waals surface area (Å²) in [5.41, 5.74) is 4.24. The number of aliphatic imine (C=N–C) groups is 1. The molecule has 2 aliphatic heterocycles. The van der Waals surface area contributed by atoms with Crippen LogP contribution in [0.4, 0.5) is 5.69 Å². The Bertz CT molecular complexity index is 679. The van der Waals surface area contributed by atoms with Crippen molar-refractivity contribution in [2.45, 2.75) is 71.4 Å². The topological polar surface area (TPSA) is 18.4 Å². The zero-order valence-electron chi connectivity index (χ0n) is 15.8. The van der Waals surface area contributed by atoms with Gasteiger partial charge in [-0.05, 0) is 34.4 Å². The molecule has 1 saturated heterocycles. The quantitative estimate of drug-likeness (QED) is 0.540. The third-order valence-corrected chi connectivity index (χ3v) is 4.94. The summed E-state index contributed by atoms with van der Waals surface area (Å²) in [5, 5.41) is 4.70. The maximum absolute atomic E-state index is 4.39. The van der Waals surface area contributed by atoms with Crippen molar-refractivity contribution in [3.8, 4) is 0 Å². The Morgan fingerprint density at radius 2 is 1.71 bits per heavy atom. The van der Waals surface area contributed by atoms with Crippen molar-refractivity contribution in [3.05, 3.63) is 41.7 Å². The normalized spacial score (nSPS) is 22.3. The van der Waals surface area contributed by atoms with E-state index in [9.17, 15) is 0 Å². The Morgan fingerprint density at radius 3 is 2.21 bits per heavy atom. The largest absolute Gasteiger partial charge is 0.263 e. The van der Waals surface area contributed by atoms with Crippen molar-refractivity contribution in [1.29, 1.82) is 0 Å². The van der Waals surface area contributed by atoms with E-state index in [1.807, 2.05) is 6.20 Å². The van der Waals surface area contributed by atoms with Gasteiger partial charge in [-0.15, -0.1) is 0 Å². The summed E-state index contributed by atoms with van der Waals surface area (Å²) in [6.45, 7) is 15.9. The number of anilines is 1. The molecule has 0 saturated carbocycles. The Balaban J connectivity index is 0.00000208. The molecule has 3 nitrogen and oxygen atoms in total. The SMILES string of the molecule is CCC12C=NC=CN1N2c1cc(C(C)(C)C)ccc1C(C)(C)C.[Ni]. The molecule has 0 amide bonds. The van der Waals surface area contributed by atoms with E-state index in [0.717, 1.165) is 6.42 Å². The second-order valence-corrected chi connectivity index (χ2v) is 8.70. The standard InChI is InChI=1S/C20H29N3.Ni/c1-8-20-14-21-11-12-22(20)23(20)17-13-15(18(2,3)4)9-10-16(17)19(5,6)7;/h9-14H,8H2,1-7H3;. The first-order valence-electron chi connectivity index (χ1n) is 8.57. The van der Waals surface area contributed by atoms with Crippen LogP contribution in [0.15, 0.2) is 35.6 Å². The van der Waals surface area contributed by atoms with E-state index in [4.69, 9.17) is 0 Å². The summed E-state index contributed by atoms with van der Waals surface area (Å²) < 4.78 is 0. The van der Waals surface area contributed by atoms with Gasteiger partial charge in [-0.3, -0.25) is 15.0 Å². The monoisotopic (exact) mass is 369 g/mol. The van der Waals surface area contributed by atoms with Crippen LogP contribution in [0.2, 0.25) is 0 Å². The predicted octanol–water partition coefficient (Wildman–Crippen LogP) is 4.98. The summed E-state index contributed by atoms with van der Waals surface area (Å²) in [6.07, 6.45) is 7.05. The van der Waals surface area contributed by atoms with Gasteiger partial charge in [0.15, 0.2) is 5.66 Å². The van der Waals surface area contributed by atoms with E-state index in [0.29, 0.717) is 0 Å². The van der Waals surface area contributed by atoms with E-state index in [-0.39, 0.29) is 33.0 Å². The summed E-state index contributed by atoms with van der Waals surface area (Å²) in [5.74, 6) is 0. The molecule has 0 radical (unpaired) electrons. The number of hydrogen-bond donors (Lipinski definition) is 0. The van der Waals surface area contributed by atoms with Crippen molar-refractivity contribution in [2.75, 3.05) is 5.01 Å². The minimum absolute atomic E-state index is 0. The molecule has 134 valence electrons. The molecule has 0 aromatic heterocycles. The van der Waals surface area contributed by atoms with Crippen molar-refractivity contribution < 1.29 is 16.5 Å². The number of benzene rings is 1. The van der Waals surface area contributed by atoms with Gasteiger partial charge in [-0.25, -0.2) is 0 Å². The van der Waals surface area contributed by atoms with E-state index < -0.39 is 0 Å². The van der Waals surface area contributed by atoms with Crippen molar-refractivity contribution in [3.63, 3.8) is 0 Å². The predicted molar refractivity (Wildman–Crippen MR) is 98.8 cm³/mol. The molecule has 0 aliphatic carbocycles. The Morgan fingerprint density at radius 1 is 1.04 bits per heavy atom. The molecule has 1 unspecified atom stereocenters. The fourth-order valence-electron chi connectivity index (χ4n) is 3.39. The minimum atomic E-state index is -0.0781. The van der Waals surface area contributed by atoms with Crippen LogP contribution in [0.1, 0.15) is 66.0 Å². The van der Waals surface area contributed by atoms with Gasteiger partial charge in [0.1, 0.15) is 0 Å². The fourth-order valence-corrected chi connectivity index (χ4v) is 3.39. The molecule has 0 bridgehead atoms. The maximum atomic E-state index is 4.39. The summed E-state index contributed by atoms with van der Waals surface area (Å²) >= 11 is 0. The summed E-state index contributed by atoms with van der Waals surface area (Å²) in [6, 6.07) is 6.97. The van der Waals surface area contributed by atoms with Crippen LogP contribution >= 0.6 is 0 Å². The van der Waals surface area contributed by atoms with Gasteiger partial charge in [0.25, 0.3) is 0 Å². The molecule has 2 heterocycles. The van der Waals surface area contributed by atoms with Crippen LogP contribution in [0, 0.1) is 0 Å². The van der Waals surface area contributed by atoms with Crippen LogP contribution in [-0.2, 0) is 27.3 Å². The van der Waals surface area contributed by atoms with Crippen LogP contribution in [0.25, 0.3) is 0 Å². The van der Waals surface area contributed by atoms with E-state index >= 15 is 0 Å². The van der Waals surface area contributed by atoms with Crippen LogP contribution in [0.3, 0.4) is 0 Å². The Hall–Kier alpha value is -1.28. The molecule has 0 N–H and O–H groups in total. The van der Waals surface area contributed by atoms with E-state index in [1.165, 1.54) is 16.8 Å². The van der Waals surface area contributed by atoms with Gasteiger partial charge >= 0.3 is 0 Å². The van der Waals surface area contributed by atoms with Crippen LogP contribution in [0.5, 0.6) is 0 Å². The smallest absolute Gasteiger partial charge is 0.186 e. The molecule has 24 heavy (non-hydrogen) atoms. The second-order valence-electron chi connectivity index (χ2n) is 8.70. The van der Waals surface area contributed by atoms with Gasteiger partial charge < -0.3 is 0 Å². The first-order valence-corrected chi connectivity index (χ1v) is 8.57. The van der Waals surface area contributed by atoms with E-state index in [2.05, 4.69) is 94.1 Å². The molecule has 4 heteroatoms. The third kappa shape index (κ3) is 2.90. The summed E-state index contributed by atoms with van der Waals surface area (Å²) in [4.78, 5) is 4.39.